The first kappa shape index (κ1) is 37.5. The number of nitrogens with zero attached hydrogens (tertiary/aromatic N) is 1. The summed E-state index contributed by atoms with van der Waals surface area (Å²) >= 11 is 0. The molecule has 1 unspecified atom stereocenters. The third kappa shape index (κ3) is 5.88. The van der Waals surface area contributed by atoms with Crippen molar-refractivity contribution in [3.8, 4) is 5.75 Å². The molecule has 4 saturated carbocycles. The summed E-state index contributed by atoms with van der Waals surface area (Å²) in [5.74, 6) is 2.98. The van der Waals surface area contributed by atoms with Gasteiger partial charge in [0.25, 0.3) is 6.47 Å². The van der Waals surface area contributed by atoms with Gasteiger partial charge in [0.1, 0.15) is 0 Å². The van der Waals surface area contributed by atoms with Gasteiger partial charge in [-0.15, -0.1) is 0 Å². The molecule has 6 aliphatic rings. The molecule has 0 aromatic heterocycles. The molecule has 1 aliphatic heterocycles. The van der Waals surface area contributed by atoms with E-state index in [9.17, 15) is 22.7 Å². The molecule has 1 saturated heterocycles. The summed E-state index contributed by atoms with van der Waals surface area (Å²) in [7, 11) is -2.89. The number of rotatable bonds is 9. The van der Waals surface area contributed by atoms with Crippen LogP contribution in [0.5, 0.6) is 5.75 Å². The van der Waals surface area contributed by atoms with Gasteiger partial charge in [0, 0.05) is 38.3 Å². The largest absolute Gasteiger partial charge is 0.426 e. The van der Waals surface area contributed by atoms with E-state index in [1.54, 1.807) is 12.1 Å². The SMILES string of the molecule is CC(CO)[C@@H]1CC[C@]2(NCCN3CCS(=O)(=O)CC3)CC[C@]3(C)[C@H](CC[C@@H]4[C@@]5(C)CC=C(c6ccc(OC=O)c(F)c6)C(C)(C)[C@@H]5CC[C@]43C)[C@@H]12. The van der Waals surface area contributed by atoms with Crippen LogP contribution in [0.25, 0.3) is 5.57 Å². The molecular formula is C42H63FN2O5S. The standard InChI is InChI=1S/C42H63FN2O5S/c1-28(26-46)30-11-16-42(44-19-20-45-21-23-51(48,49)24-22-45)18-17-40(5)32(37(30)42)8-10-36-39(4)14-12-31(29-7-9-34(50-27-47)33(43)25-29)38(2,3)35(39)13-15-41(36,40)6/h7,9,12,25,27-28,30,32,35-37,44,46H,8,10-11,13-24,26H2,1-6H3/t28?,30-,32+,35-,36+,37+,39-,40+,41+,42-/m0/s1. The first-order chi connectivity index (χ1) is 24.1. The number of ether oxygens (including phenoxy) is 1. The van der Waals surface area contributed by atoms with Crippen LogP contribution in [0, 0.1) is 63.0 Å². The molecule has 5 fully saturated rings. The summed E-state index contributed by atoms with van der Waals surface area (Å²) in [6.45, 7) is 18.5. The molecule has 0 bridgehead atoms. The number of hydrogen-bond acceptors (Lipinski definition) is 7. The van der Waals surface area contributed by atoms with Crippen molar-refractivity contribution in [1.82, 2.24) is 10.2 Å². The van der Waals surface area contributed by atoms with E-state index in [0.29, 0.717) is 42.7 Å². The zero-order valence-electron chi connectivity index (χ0n) is 32.0. The molecule has 10 atom stereocenters. The van der Waals surface area contributed by atoms with Crippen LogP contribution in [-0.4, -0.2) is 74.7 Å². The quantitative estimate of drug-likeness (QED) is 0.262. The normalized spacial score (nSPS) is 42.0. The lowest BCUT2D eigenvalue weighted by atomic mass is 9.33. The molecule has 1 aromatic carbocycles. The minimum atomic E-state index is -2.89. The summed E-state index contributed by atoms with van der Waals surface area (Å²) < 4.78 is 43.9. The molecule has 284 valence electrons. The molecule has 9 heteroatoms. The highest BCUT2D eigenvalue weighted by atomic mass is 32.2. The monoisotopic (exact) mass is 726 g/mol. The molecule has 7 rings (SSSR count). The van der Waals surface area contributed by atoms with Crippen molar-refractivity contribution in [2.45, 2.75) is 105 Å². The second kappa shape index (κ2) is 13.2. The number of aliphatic hydroxyl groups excluding tert-OH is 1. The Bertz CT molecular complexity index is 1630. The van der Waals surface area contributed by atoms with E-state index < -0.39 is 15.7 Å². The van der Waals surface area contributed by atoms with E-state index in [1.807, 2.05) is 6.07 Å². The van der Waals surface area contributed by atoms with E-state index in [-0.39, 0.29) is 63.5 Å². The number of carbonyl (C=O) groups is 1. The van der Waals surface area contributed by atoms with Crippen molar-refractivity contribution >= 4 is 21.9 Å². The molecule has 1 heterocycles. The van der Waals surface area contributed by atoms with Crippen molar-refractivity contribution < 1.29 is 27.4 Å². The Morgan fingerprint density at radius 1 is 1.00 bits per heavy atom. The highest BCUT2D eigenvalue weighted by Gasteiger charge is 2.70. The average Bonchev–Trinajstić information content (AvgIpc) is 3.46. The third-order valence-electron chi connectivity index (χ3n) is 16.8. The molecule has 2 N–H and O–H groups in total. The fourth-order valence-electron chi connectivity index (χ4n) is 14.1. The highest BCUT2D eigenvalue weighted by molar-refractivity contribution is 7.91. The van der Waals surface area contributed by atoms with Crippen LogP contribution in [0.1, 0.15) is 105 Å². The number of hydrogen-bond donors (Lipinski definition) is 2. The zero-order chi connectivity index (χ0) is 36.6. The number of carbonyl (C=O) groups excluding carboxylic acids is 1. The Morgan fingerprint density at radius 2 is 1.75 bits per heavy atom. The van der Waals surface area contributed by atoms with Crippen LogP contribution in [0.2, 0.25) is 0 Å². The Balaban J connectivity index is 1.15. The number of allylic oxidation sites excluding steroid dienone is 2. The second-order valence-corrected chi connectivity index (χ2v) is 21.3. The number of benzene rings is 1. The maximum atomic E-state index is 15.0. The van der Waals surface area contributed by atoms with Gasteiger partial charge in [-0.3, -0.25) is 4.79 Å². The Kier molecular flexibility index (Phi) is 9.70. The first-order valence-electron chi connectivity index (χ1n) is 19.9. The zero-order valence-corrected chi connectivity index (χ0v) is 32.8. The van der Waals surface area contributed by atoms with Gasteiger partial charge in [-0.25, -0.2) is 12.8 Å². The minimum Gasteiger partial charge on any atom is -0.426 e. The lowest BCUT2D eigenvalue weighted by Gasteiger charge is -2.72. The summed E-state index contributed by atoms with van der Waals surface area (Å²) in [5, 5.41) is 14.7. The first-order valence-corrected chi connectivity index (χ1v) is 21.8. The van der Waals surface area contributed by atoms with Crippen LogP contribution < -0.4 is 10.1 Å². The van der Waals surface area contributed by atoms with Gasteiger partial charge < -0.3 is 20.1 Å². The highest BCUT2D eigenvalue weighted by Crippen LogP contribution is 2.76. The number of halogens is 1. The van der Waals surface area contributed by atoms with Crippen LogP contribution in [0.3, 0.4) is 0 Å². The van der Waals surface area contributed by atoms with Gasteiger partial charge in [0.05, 0.1) is 11.5 Å². The summed E-state index contributed by atoms with van der Waals surface area (Å²) in [4.78, 5) is 13.2. The molecule has 0 amide bonds. The fourth-order valence-corrected chi connectivity index (χ4v) is 15.4. The Morgan fingerprint density at radius 3 is 2.43 bits per heavy atom. The molecule has 0 radical (unpaired) electrons. The maximum absolute atomic E-state index is 15.0. The molecule has 5 aliphatic carbocycles. The molecular weight excluding hydrogens is 664 g/mol. The lowest BCUT2D eigenvalue weighted by Crippen LogP contribution is -2.68. The van der Waals surface area contributed by atoms with Crippen molar-refractivity contribution in [2.24, 2.45) is 57.2 Å². The number of nitrogens with one attached hydrogen (secondary N) is 1. The van der Waals surface area contributed by atoms with Crippen LogP contribution in [-0.2, 0) is 14.6 Å². The van der Waals surface area contributed by atoms with Crippen molar-refractivity contribution in [1.29, 1.82) is 0 Å². The predicted molar refractivity (Wildman–Crippen MR) is 200 cm³/mol. The van der Waals surface area contributed by atoms with E-state index >= 15 is 0 Å². The van der Waals surface area contributed by atoms with Crippen molar-refractivity contribution in [3.63, 3.8) is 0 Å². The lowest BCUT2D eigenvalue weighted by molar-refractivity contribution is -0.221. The average molecular weight is 727 g/mol. The number of sulfone groups is 1. The smallest absolute Gasteiger partial charge is 0.298 e. The second-order valence-electron chi connectivity index (χ2n) is 19.0. The summed E-state index contributed by atoms with van der Waals surface area (Å²) in [6, 6.07) is 5.02. The number of aliphatic hydroxyl groups is 1. The molecule has 0 spiro atoms. The van der Waals surface area contributed by atoms with Crippen LogP contribution in [0.4, 0.5) is 4.39 Å². The van der Waals surface area contributed by atoms with Crippen LogP contribution >= 0.6 is 0 Å². The third-order valence-corrected chi connectivity index (χ3v) is 18.4. The maximum Gasteiger partial charge on any atom is 0.298 e. The molecule has 51 heavy (non-hydrogen) atoms. The molecule has 1 aromatic rings. The van der Waals surface area contributed by atoms with E-state index in [2.05, 4.69) is 57.8 Å². The van der Waals surface area contributed by atoms with Crippen molar-refractivity contribution in [2.75, 3.05) is 44.3 Å². The Hall–Kier alpha value is -1.81. The summed E-state index contributed by atoms with van der Waals surface area (Å²) in [6.07, 6.45) is 12.9. The van der Waals surface area contributed by atoms with Gasteiger partial charge in [-0.05, 0) is 138 Å². The van der Waals surface area contributed by atoms with E-state index in [1.165, 1.54) is 44.1 Å². The van der Waals surface area contributed by atoms with Crippen molar-refractivity contribution in [3.05, 3.63) is 35.7 Å². The van der Waals surface area contributed by atoms with E-state index in [4.69, 9.17) is 4.74 Å². The minimum absolute atomic E-state index is 0.0320. The summed E-state index contributed by atoms with van der Waals surface area (Å²) in [5.41, 5.74) is 2.56. The fraction of sp³-hybridized carbons (Fsp3) is 0.786. The topological polar surface area (TPSA) is 95.9 Å². The van der Waals surface area contributed by atoms with Gasteiger partial charge >= 0.3 is 0 Å². The van der Waals surface area contributed by atoms with Crippen LogP contribution in [0.15, 0.2) is 24.3 Å². The molecule has 7 nitrogen and oxygen atoms in total. The van der Waals surface area contributed by atoms with Gasteiger partial charge in [0.15, 0.2) is 21.4 Å². The number of fused-ring (bicyclic) bond motifs is 7. The van der Waals surface area contributed by atoms with Gasteiger partial charge in [-0.2, -0.15) is 0 Å². The van der Waals surface area contributed by atoms with Gasteiger partial charge in [0.2, 0.25) is 0 Å². The van der Waals surface area contributed by atoms with Gasteiger partial charge in [-0.1, -0.05) is 53.7 Å². The van der Waals surface area contributed by atoms with E-state index in [0.717, 1.165) is 37.9 Å². The predicted octanol–water partition coefficient (Wildman–Crippen LogP) is 7.14. The Labute approximate surface area is 306 Å².